The van der Waals surface area contributed by atoms with Crippen LogP contribution in [0.5, 0.6) is 0 Å². The number of hydrogen-bond donors (Lipinski definition) is 1. The third-order valence-corrected chi connectivity index (χ3v) is 2.57. The molecule has 0 aromatic heterocycles. The molecule has 0 bridgehead atoms. The lowest BCUT2D eigenvalue weighted by Gasteiger charge is -2.14. The molecule has 14 heavy (non-hydrogen) atoms. The Morgan fingerprint density at radius 3 is 2.36 bits per heavy atom. The Morgan fingerprint density at radius 2 is 1.93 bits per heavy atom. The molecular formula is C11H15NOS. The lowest BCUT2D eigenvalue weighted by Crippen LogP contribution is -2.26. The van der Waals surface area contributed by atoms with E-state index in [-0.39, 0.29) is 5.91 Å². The number of carbonyl (C=O) groups is 1. The van der Waals surface area contributed by atoms with Crippen LogP contribution >= 0.6 is 12.6 Å². The summed E-state index contributed by atoms with van der Waals surface area (Å²) >= 11 is 4.16. The van der Waals surface area contributed by atoms with Crippen LogP contribution < -0.4 is 0 Å². The molecular weight excluding hydrogens is 194 g/mol. The number of hydrogen-bond acceptors (Lipinski definition) is 2. The first-order chi connectivity index (χ1) is 6.69. The van der Waals surface area contributed by atoms with E-state index in [0.29, 0.717) is 5.75 Å². The molecule has 0 atom stereocenters. The molecule has 0 aliphatic carbocycles. The monoisotopic (exact) mass is 209 g/mol. The molecule has 76 valence electrons. The highest BCUT2D eigenvalue weighted by Gasteiger charge is 2.08. The number of rotatable bonds is 3. The fourth-order valence-electron chi connectivity index (χ4n) is 1.12. The molecule has 0 radical (unpaired) electrons. The van der Waals surface area contributed by atoms with Gasteiger partial charge in [0.2, 0.25) is 0 Å². The number of amides is 1. The van der Waals surface area contributed by atoms with Gasteiger partial charge in [-0.3, -0.25) is 4.79 Å². The van der Waals surface area contributed by atoms with E-state index in [1.165, 1.54) is 0 Å². The van der Waals surface area contributed by atoms with Crippen molar-refractivity contribution in [2.45, 2.75) is 12.7 Å². The molecule has 0 fully saturated rings. The first-order valence-corrected chi connectivity index (χ1v) is 5.27. The predicted octanol–water partition coefficient (Wildman–Crippen LogP) is 2.21. The van der Waals surface area contributed by atoms with Crippen LogP contribution in [0, 0.1) is 0 Å². The van der Waals surface area contributed by atoms with E-state index in [9.17, 15) is 4.79 Å². The minimum absolute atomic E-state index is 0.0678. The highest BCUT2D eigenvalue weighted by molar-refractivity contribution is 7.79. The largest absolute Gasteiger partial charge is 0.342 e. The van der Waals surface area contributed by atoms with Gasteiger partial charge < -0.3 is 4.90 Å². The maximum absolute atomic E-state index is 11.7. The fraction of sp³-hybridized carbons (Fsp3) is 0.364. The van der Waals surface area contributed by atoms with E-state index in [2.05, 4.69) is 12.6 Å². The molecule has 0 spiro atoms. The Kier molecular flexibility index (Phi) is 4.01. The summed E-state index contributed by atoms with van der Waals surface area (Å²) in [7, 11) is 1.80. The molecule has 0 unspecified atom stereocenters. The molecule has 0 N–H and O–H groups in total. The smallest absolute Gasteiger partial charge is 0.253 e. The molecule has 0 saturated heterocycles. The SMILES string of the molecule is CCN(C)C(=O)c1ccc(CS)cc1. The van der Waals surface area contributed by atoms with Crippen LogP contribution in [0.15, 0.2) is 24.3 Å². The van der Waals surface area contributed by atoms with Crippen molar-refractivity contribution in [1.82, 2.24) is 4.90 Å². The maximum Gasteiger partial charge on any atom is 0.253 e. The average molecular weight is 209 g/mol. The summed E-state index contributed by atoms with van der Waals surface area (Å²) in [5, 5.41) is 0. The van der Waals surface area contributed by atoms with Crippen LogP contribution in [-0.4, -0.2) is 24.4 Å². The second kappa shape index (κ2) is 5.05. The summed E-state index contributed by atoms with van der Waals surface area (Å²) in [5.74, 6) is 0.774. The first kappa shape index (κ1) is 11.1. The van der Waals surface area contributed by atoms with Gasteiger partial charge in [0.15, 0.2) is 0 Å². The molecule has 1 amide bonds. The van der Waals surface area contributed by atoms with Crippen LogP contribution in [0.2, 0.25) is 0 Å². The Hall–Kier alpha value is -0.960. The van der Waals surface area contributed by atoms with Gasteiger partial charge in [0.1, 0.15) is 0 Å². The van der Waals surface area contributed by atoms with E-state index in [4.69, 9.17) is 0 Å². The van der Waals surface area contributed by atoms with Gasteiger partial charge in [0.25, 0.3) is 5.91 Å². The first-order valence-electron chi connectivity index (χ1n) is 4.64. The molecule has 1 rings (SSSR count). The van der Waals surface area contributed by atoms with Crippen molar-refractivity contribution >= 4 is 18.5 Å². The quantitative estimate of drug-likeness (QED) is 0.757. The Bertz CT molecular complexity index is 308. The number of carbonyl (C=O) groups excluding carboxylic acids is 1. The minimum Gasteiger partial charge on any atom is -0.342 e. The lowest BCUT2D eigenvalue weighted by atomic mass is 10.1. The van der Waals surface area contributed by atoms with Gasteiger partial charge >= 0.3 is 0 Å². The molecule has 0 saturated carbocycles. The van der Waals surface area contributed by atoms with Crippen molar-refractivity contribution in [3.63, 3.8) is 0 Å². The summed E-state index contributed by atoms with van der Waals surface area (Å²) in [5.41, 5.74) is 1.86. The van der Waals surface area contributed by atoms with Gasteiger partial charge in [0, 0.05) is 24.9 Å². The van der Waals surface area contributed by atoms with Gasteiger partial charge in [-0.05, 0) is 24.6 Å². The summed E-state index contributed by atoms with van der Waals surface area (Å²) < 4.78 is 0. The van der Waals surface area contributed by atoms with Crippen molar-refractivity contribution in [2.75, 3.05) is 13.6 Å². The predicted molar refractivity (Wildman–Crippen MR) is 61.8 cm³/mol. The van der Waals surface area contributed by atoms with Crippen LogP contribution in [-0.2, 0) is 5.75 Å². The molecule has 2 nitrogen and oxygen atoms in total. The van der Waals surface area contributed by atoms with Crippen LogP contribution in [0.4, 0.5) is 0 Å². The molecule has 0 aliphatic rings. The number of thiol groups is 1. The molecule has 0 aliphatic heterocycles. The minimum atomic E-state index is 0.0678. The van der Waals surface area contributed by atoms with Gasteiger partial charge in [-0.2, -0.15) is 12.6 Å². The molecule has 1 aromatic rings. The van der Waals surface area contributed by atoms with Gasteiger partial charge in [-0.25, -0.2) is 0 Å². The fourth-order valence-corrected chi connectivity index (χ4v) is 1.33. The second-order valence-electron chi connectivity index (χ2n) is 3.17. The summed E-state index contributed by atoms with van der Waals surface area (Å²) in [6.07, 6.45) is 0. The molecule has 1 aromatic carbocycles. The van der Waals surface area contributed by atoms with Gasteiger partial charge in [0.05, 0.1) is 0 Å². The summed E-state index contributed by atoms with van der Waals surface area (Å²) in [6.45, 7) is 2.69. The van der Waals surface area contributed by atoms with Crippen LogP contribution in [0.25, 0.3) is 0 Å². The Labute approximate surface area is 90.3 Å². The van der Waals surface area contributed by atoms with E-state index < -0.39 is 0 Å². The van der Waals surface area contributed by atoms with Crippen molar-refractivity contribution in [2.24, 2.45) is 0 Å². The topological polar surface area (TPSA) is 20.3 Å². The Morgan fingerprint density at radius 1 is 1.36 bits per heavy atom. The van der Waals surface area contributed by atoms with Gasteiger partial charge in [-0.1, -0.05) is 12.1 Å². The lowest BCUT2D eigenvalue weighted by molar-refractivity contribution is 0.0802. The standard InChI is InChI=1S/C11H15NOS/c1-3-12(2)11(13)10-6-4-9(8-14)5-7-10/h4-7,14H,3,8H2,1-2H3. The normalized spacial score (nSPS) is 9.93. The Balaban J connectivity index is 2.81. The van der Waals surface area contributed by atoms with Crippen molar-refractivity contribution in [1.29, 1.82) is 0 Å². The van der Waals surface area contributed by atoms with Crippen LogP contribution in [0.3, 0.4) is 0 Å². The number of benzene rings is 1. The van der Waals surface area contributed by atoms with E-state index >= 15 is 0 Å². The zero-order chi connectivity index (χ0) is 10.6. The van der Waals surface area contributed by atoms with Crippen molar-refractivity contribution < 1.29 is 4.79 Å². The van der Waals surface area contributed by atoms with Crippen LogP contribution in [0.1, 0.15) is 22.8 Å². The van der Waals surface area contributed by atoms with Crippen molar-refractivity contribution in [3.8, 4) is 0 Å². The third-order valence-electron chi connectivity index (χ3n) is 2.20. The zero-order valence-corrected chi connectivity index (χ0v) is 9.42. The highest BCUT2D eigenvalue weighted by atomic mass is 32.1. The van der Waals surface area contributed by atoms with E-state index in [1.807, 2.05) is 31.2 Å². The average Bonchev–Trinajstić information content (AvgIpc) is 2.27. The summed E-state index contributed by atoms with van der Waals surface area (Å²) in [4.78, 5) is 13.4. The summed E-state index contributed by atoms with van der Waals surface area (Å²) in [6, 6.07) is 7.56. The highest BCUT2D eigenvalue weighted by Crippen LogP contribution is 2.08. The third kappa shape index (κ3) is 2.51. The maximum atomic E-state index is 11.7. The van der Waals surface area contributed by atoms with E-state index in [0.717, 1.165) is 17.7 Å². The number of nitrogens with zero attached hydrogens (tertiary/aromatic N) is 1. The van der Waals surface area contributed by atoms with Crippen molar-refractivity contribution in [3.05, 3.63) is 35.4 Å². The molecule has 0 heterocycles. The molecule has 3 heteroatoms. The van der Waals surface area contributed by atoms with E-state index in [1.54, 1.807) is 11.9 Å². The second-order valence-corrected chi connectivity index (χ2v) is 3.49. The zero-order valence-electron chi connectivity index (χ0n) is 8.53. The van der Waals surface area contributed by atoms with Gasteiger partial charge in [-0.15, -0.1) is 0 Å².